The molecule has 0 saturated heterocycles. The van der Waals surface area contributed by atoms with Crippen LogP contribution in [0.25, 0.3) is 10.9 Å². The fourth-order valence-corrected chi connectivity index (χ4v) is 1.67. The van der Waals surface area contributed by atoms with Crippen LogP contribution in [0.4, 0.5) is 5.82 Å². The molecule has 0 spiro atoms. The number of aryl methyl sites for hydroxylation is 1. The molecule has 0 radical (unpaired) electrons. The van der Waals surface area contributed by atoms with Crippen molar-refractivity contribution in [2.45, 2.75) is 6.92 Å². The summed E-state index contributed by atoms with van der Waals surface area (Å²) < 4.78 is 0. The summed E-state index contributed by atoms with van der Waals surface area (Å²) in [5.41, 5.74) is 0.960. The van der Waals surface area contributed by atoms with Crippen molar-refractivity contribution in [1.29, 1.82) is 0 Å². The smallest absolute Gasteiger partial charge is 0.145 e. The molecule has 0 unspecified atom stereocenters. The minimum absolute atomic E-state index is 0.769. The van der Waals surface area contributed by atoms with E-state index < -0.39 is 0 Å². The van der Waals surface area contributed by atoms with Crippen LogP contribution in [0.3, 0.4) is 0 Å². The Balaban J connectivity index is 2.67. The Hall–Kier alpha value is -1.97. The second-order valence-corrected chi connectivity index (χ2v) is 3.60. The molecular weight excluding hydrogens is 200 g/mol. The Bertz CT molecular complexity index is 534. The summed E-state index contributed by atoms with van der Waals surface area (Å²) in [7, 11) is 3.67. The maximum absolute atomic E-state index is 4.44. The maximum Gasteiger partial charge on any atom is 0.145 e. The first kappa shape index (κ1) is 10.5. The summed E-state index contributed by atoms with van der Waals surface area (Å²) in [5.74, 6) is 1.65. The monoisotopic (exact) mass is 214 g/mol. The van der Waals surface area contributed by atoms with Crippen molar-refractivity contribution >= 4 is 23.1 Å². The molecule has 1 aromatic carbocycles. The van der Waals surface area contributed by atoms with E-state index in [4.69, 9.17) is 0 Å². The van der Waals surface area contributed by atoms with Crippen molar-refractivity contribution in [2.75, 3.05) is 19.0 Å². The number of rotatable bonds is 2. The highest BCUT2D eigenvalue weighted by atomic mass is 15.2. The normalized spacial score (nSPS) is 11.2. The zero-order chi connectivity index (χ0) is 11.5. The van der Waals surface area contributed by atoms with E-state index in [1.165, 1.54) is 0 Å². The maximum atomic E-state index is 4.44. The molecule has 2 aromatic rings. The highest BCUT2D eigenvalue weighted by Gasteiger charge is 2.07. The number of fused-ring (bicyclic) bond motifs is 1. The molecule has 1 heterocycles. The zero-order valence-electron chi connectivity index (χ0n) is 9.68. The molecule has 16 heavy (non-hydrogen) atoms. The molecule has 1 aromatic heterocycles. The van der Waals surface area contributed by atoms with Gasteiger partial charge in [-0.25, -0.2) is 9.97 Å². The van der Waals surface area contributed by atoms with E-state index in [1.54, 1.807) is 13.4 Å². The number of para-hydroxylation sites is 1. The van der Waals surface area contributed by atoms with Gasteiger partial charge < -0.3 is 4.90 Å². The first-order valence-electron chi connectivity index (χ1n) is 5.11. The van der Waals surface area contributed by atoms with Crippen LogP contribution in [0, 0.1) is 6.92 Å². The Kier molecular flexibility index (Phi) is 2.81. The van der Waals surface area contributed by atoms with Gasteiger partial charge >= 0.3 is 0 Å². The molecule has 2 rings (SSSR count). The topological polar surface area (TPSA) is 41.4 Å². The molecule has 0 aliphatic rings. The molecule has 4 heteroatoms. The van der Waals surface area contributed by atoms with E-state index in [-0.39, 0.29) is 0 Å². The van der Waals surface area contributed by atoms with Gasteiger partial charge in [0.1, 0.15) is 11.6 Å². The fourth-order valence-electron chi connectivity index (χ4n) is 1.67. The molecule has 82 valence electrons. The Morgan fingerprint density at radius 2 is 2.00 bits per heavy atom. The van der Waals surface area contributed by atoms with Crippen LogP contribution in [0.1, 0.15) is 5.82 Å². The standard InChI is InChI=1S/C12H14N4/c1-9-14-11-7-5-4-6-10(11)12(15-9)16(3)8-13-2/h4-8H,1-3H3. The molecule has 0 saturated carbocycles. The van der Waals surface area contributed by atoms with Gasteiger partial charge in [0.2, 0.25) is 0 Å². The third-order valence-corrected chi connectivity index (χ3v) is 2.32. The molecule has 0 atom stereocenters. The van der Waals surface area contributed by atoms with Gasteiger partial charge in [-0.05, 0) is 19.1 Å². The van der Waals surface area contributed by atoms with Crippen molar-refractivity contribution < 1.29 is 0 Å². The number of anilines is 1. The van der Waals surface area contributed by atoms with Crippen molar-refractivity contribution in [3.8, 4) is 0 Å². The van der Waals surface area contributed by atoms with E-state index in [2.05, 4.69) is 15.0 Å². The molecular formula is C12H14N4. The predicted molar refractivity (Wildman–Crippen MR) is 67.1 cm³/mol. The average molecular weight is 214 g/mol. The molecule has 0 amide bonds. The van der Waals surface area contributed by atoms with Crippen molar-refractivity contribution in [2.24, 2.45) is 4.99 Å². The van der Waals surface area contributed by atoms with Crippen LogP contribution in [-0.4, -0.2) is 30.4 Å². The van der Waals surface area contributed by atoms with Crippen LogP contribution >= 0.6 is 0 Å². The van der Waals surface area contributed by atoms with Gasteiger partial charge in [0.05, 0.1) is 11.9 Å². The number of benzene rings is 1. The number of aliphatic imine (C=N–C) groups is 1. The zero-order valence-corrected chi connectivity index (χ0v) is 9.68. The highest BCUT2D eigenvalue weighted by Crippen LogP contribution is 2.21. The Morgan fingerprint density at radius 1 is 1.25 bits per heavy atom. The molecule has 4 nitrogen and oxygen atoms in total. The average Bonchev–Trinajstić information content (AvgIpc) is 2.28. The predicted octanol–water partition coefficient (Wildman–Crippen LogP) is 2.03. The molecule has 0 bridgehead atoms. The number of hydrogen-bond donors (Lipinski definition) is 0. The van der Waals surface area contributed by atoms with E-state index in [0.717, 1.165) is 22.5 Å². The minimum atomic E-state index is 0.769. The summed E-state index contributed by atoms with van der Waals surface area (Å²) in [6, 6.07) is 7.97. The van der Waals surface area contributed by atoms with E-state index in [9.17, 15) is 0 Å². The molecule has 0 N–H and O–H groups in total. The number of nitrogens with zero attached hydrogens (tertiary/aromatic N) is 4. The SMILES string of the molecule is CN=CN(C)c1nc(C)nc2ccccc12. The van der Waals surface area contributed by atoms with E-state index in [1.807, 2.05) is 43.1 Å². The lowest BCUT2D eigenvalue weighted by Gasteiger charge is -2.14. The summed E-state index contributed by atoms with van der Waals surface area (Å²) in [4.78, 5) is 14.7. The van der Waals surface area contributed by atoms with Gasteiger partial charge in [-0.2, -0.15) is 0 Å². The lowest BCUT2D eigenvalue weighted by Crippen LogP contribution is -2.16. The van der Waals surface area contributed by atoms with Crippen molar-refractivity contribution in [1.82, 2.24) is 9.97 Å². The van der Waals surface area contributed by atoms with Gasteiger partial charge in [-0.15, -0.1) is 0 Å². The van der Waals surface area contributed by atoms with Gasteiger partial charge in [0.15, 0.2) is 0 Å². The molecule has 0 aliphatic heterocycles. The lowest BCUT2D eigenvalue weighted by molar-refractivity contribution is 1.06. The van der Waals surface area contributed by atoms with Crippen LogP contribution in [0.5, 0.6) is 0 Å². The van der Waals surface area contributed by atoms with Gasteiger partial charge in [-0.1, -0.05) is 12.1 Å². The Morgan fingerprint density at radius 3 is 2.75 bits per heavy atom. The molecule has 0 fully saturated rings. The first-order chi connectivity index (χ1) is 7.72. The van der Waals surface area contributed by atoms with Gasteiger partial charge in [0.25, 0.3) is 0 Å². The summed E-state index contributed by atoms with van der Waals surface area (Å²) in [6.07, 6.45) is 1.74. The van der Waals surface area contributed by atoms with Gasteiger partial charge in [-0.3, -0.25) is 4.99 Å². The van der Waals surface area contributed by atoms with Crippen LogP contribution in [-0.2, 0) is 0 Å². The number of aromatic nitrogens is 2. The van der Waals surface area contributed by atoms with Crippen molar-refractivity contribution in [3.05, 3.63) is 30.1 Å². The largest absolute Gasteiger partial charge is 0.320 e. The second-order valence-electron chi connectivity index (χ2n) is 3.60. The first-order valence-corrected chi connectivity index (χ1v) is 5.11. The summed E-state index contributed by atoms with van der Waals surface area (Å²) in [5, 5.41) is 1.04. The van der Waals surface area contributed by atoms with E-state index >= 15 is 0 Å². The Labute approximate surface area is 94.7 Å². The van der Waals surface area contributed by atoms with Crippen molar-refractivity contribution in [3.63, 3.8) is 0 Å². The second kappa shape index (κ2) is 4.26. The fraction of sp³-hybridized carbons (Fsp3) is 0.250. The summed E-state index contributed by atoms with van der Waals surface area (Å²) >= 11 is 0. The third kappa shape index (κ3) is 1.86. The molecule has 0 aliphatic carbocycles. The highest BCUT2D eigenvalue weighted by molar-refractivity contribution is 5.94. The minimum Gasteiger partial charge on any atom is -0.320 e. The van der Waals surface area contributed by atoms with E-state index in [0.29, 0.717) is 0 Å². The van der Waals surface area contributed by atoms with Gasteiger partial charge in [0, 0.05) is 19.5 Å². The van der Waals surface area contributed by atoms with Crippen LogP contribution < -0.4 is 4.90 Å². The number of hydrogen-bond acceptors (Lipinski definition) is 3. The summed E-state index contributed by atoms with van der Waals surface area (Å²) in [6.45, 7) is 1.90. The van der Waals surface area contributed by atoms with Crippen LogP contribution in [0.15, 0.2) is 29.3 Å². The van der Waals surface area contributed by atoms with Crippen LogP contribution in [0.2, 0.25) is 0 Å². The third-order valence-electron chi connectivity index (χ3n) is 2.32. The lowest BCUT2D eigenvalue weighted by atomic mass is 10.2. The quantitative estimate of drug-likeness (QED) is 0.567.